The topological polar surface area (TPSA) is 158 Å². The second kappa shape index (κ2) is 11.9. The van der Waals surface area contributed by atoms with Crippen molar-refractivity contribution in [3.8, 4) is 22.5 Å². The van der Waals surface area contributed by atoms with Crippen molar-refractivity contribution >= 4 is 17.6 Å². The lowest BCUT2D eigenvalue weighted by atomic mass is 9.93. The zero-order valence-corrected chi connectivity index (χ0v) is 21.6. The highest BCUT2D eigenvalue weighted by Crippen LogP contribution is 2.40. The molecule has 2 aromatic carbocycles. The fraction of sp³-hybridized carbons (Fsp3) is 0.320. The molecule has 0 aliphatic carbocycles. The fourth-order valence-electron chi connectivity index (χ4n) is 4.68. The van der Waals surface area contributed by atoms with Gasteiger partial charge < -0.3 is 24.8 Å². The van der Waals surface area contributed by atoms with Crippen molar-refractivity contribution in [1.29, 1.82) is 0 Å². The smallest absolute Gasteiger partial charge is 0.329 e. The van der Waals surface area contributed by atoms with Crippen LogP contribution >= 0.6 is 11.6 Å². The number of aromatic nitrogens is 6. The first-order chi connectivity index (χ1) is 19.7. The first kappa shape index (κ1) is 28.6. The van der Waals surface area contributed by atoms with Crippen molar-refractivity contribution < 1.29 is 42.8 Å². The molecule has 5 atom stereocenters. The van der Waals surface area contributed by atoms with E-state index in [1.165, 1.54) is 17.1 Å². The van der Waals surface area contributed by atoms with Crippen LogP contribution in [0.15, 0.2) is 48.8 Å². The standard InChI is InChI=1S/C25H22ClF3N6O6/c26-14-3-1-2-12(6-14)18-9-30-32-35(18)25-24(40-11-20(37)38)22(23(39)19(41-25)4-5-36)34-10-17(31-33-34)13-7-15(27)21(29)16(28)8-13/h1-3,6-10,19,22-25,36,39H,4-5,11H2,(H,37,38)/t19-,22+,23+,24-,25-/m1/s1. The molecular weight excluding hydrogens is 573 g/mol. The van der Waals surface area contributed by atoms with Crippen LogP contribution in [0.2, 0.25) is 5.02 Å². The van der Waals surface area contributed by atoms with Gasteiger partial charge in [-0.05, 0) is 30.7 Å². The Morgan fingerprint density at radius 3 is 2.56 bits per heavy atom. The summed E-state index contributed by atoms with van der Waals surface area (Å²) in [5, 5.41) is 46.7. The van der Waals surface area contributed by atoms with Crippen molar-refractivity contribution in [2.24, 2.45) is 0 Å². The van der Waals surface area contributed by atoms with Gasteiger partial charge in [0, 0.05) is 22.8 Å². The second-order valence-electron chi connectivity index (χ2n) is 9.14. The maximum Gasteiger partial charge on any atom is 0.329 e. The Balaban J connectivity index is 1.60. The van der Waals surface area contributed by atoms with Crippen LogP contribution in [0.5, 0.6) is 0 Å². The number of carboxylic acid groups (broad SMARTS) is 1. The SMILES string of the molecule is O=C(O)CO[C@@H]1[C@@H](n2cc(-c3cc(F)c(F)c(F)c3)nn2)[C@@H](O)[C@@H](CCO)O[C@H]1n1nncc1-c1cccc(Cl)c1. The molecule has 16 heteroatoms. The molecule has 0 amide bonds. The molecule has 0 unspecified atom stereocenters. The molecule has 0 radical (unpaired) electrons. The molecule has 216 valence electrons. The van der Waals surface area contributed by atoms with E-state index in [-0.39, 0.29) is 24.3 Å². The van der Waals surface area contributed by atoms with Gasteiger partial charge in [0.05, 0.1) is 24.2 Å². The lowest BCUT2D eigenvalue weighted by molar-refractivity contribution is -0.241. The van der Waals surface area contributed by atoms with Crippen molar-refractivity contribution in [1.82, 2.24) is 30.0 Å². The lowest BCUT2D eigenvalue weighted by Gasteiger charge is -2.44. The van der Waals surface area contributed by atoms with Gasteiger partial charge in [-0.1, -0.05) is 34.2 Å². The molecule has 41 heavy (non-hydrogen) atoms. The van der Waals surface area contributed by atoms with Gasteiger partial charge in [-0.15, -0.1) is 10.2 Å². The number of ether oxygens (including phenoxy) is 2. The van der Waals surface area contributed by atoms with E-state index < -0.39 is 60.6 Å². The largest absolute Gasteiger partial charge is 0.480 e. The van der Waals surface area contributed by atoms with Crippen LogP contribution in [-0.2, 0) is 14.3 Å². The first-order valence-corrected chi connectivity index (χ1v) is 12.6. The number of carboxylic acids is 1. The molecule has 1 fully saturated rings. The number of carbonyl (C=O) groups is 1. The number of halogens is 4. The molecule has 0 bridgehead atoms. The van der Waals surface area contributed by atoms with Gasteiger partial charge in [0.15, 0.2) is 23.7 Å². The van der Waals surface area contributed by atoms with E-state index >= 15 is 0 Å². The van der Waals surface area contributed by atoms with Crippen LogP contribution in [0.4, 0.5) is 13.2 Å². The Morgan fingerprint density at radius 2 is 1.88 bits per heavy atom. The molecule has 1 saturated heterocycles. The fourth-order valence-corrected chi connectivity index (χ4v) is 4.87. The quantitative estimate of drug-likeness (QED) is 0.246. The number of aliphatic hydroxyl groups is 2. The van der Waals surface area contributed by atoms with E-state index in [1.807, 2.05) is 0 Å². The van der Waals surface area contributed by atoms with E-state index in [9.17, 15) is 33.3 Å². The van der Waals surface area contributed by atoms with Crippen LogP contribution in [-0.4, -0.2) is 82.8 Å². The van der Waals surface area contributed by atoms with Crippen molar-refractivity contribution in [2.45, 2.75) is 37.0 Å². The van der Waals surface area contributed by atoms with E-state index in [1.54, 1.807) is 24.3 Å². The highest BCUT2D eigenvalue weighted by atomic mass is 35.5. The minimum Gasteiger partial charge on any atom is -0.480 e. The normalized spacial score (nSPS) is 22.6. The number of hydrogen-bond donors (Lipinski definition) is 3. The van der Waals surface area contributed by atoms with Crippen LogP contribution in [0.25, 0.3) is 22.5 Å². The van der Waals surface area contributed by atoms with Gasteiger partial charge in [0.25, 0.3) is 0 Å². The minimum absolute atomic E-state index is 0.0447. The van der Waals surface area contributed by atoms with E-state index in [2.05, 4.69) is 20.6 Å². The van der Waals surface area contributed by atoms with Gasteiger partial charge in [0.1, 0.15) is 30.6 Å². The minimum atomic E-state index is -1.65. The summed E-state index contributed by atoms with van der Waals surface area (Å²) in [6, 6.07) is 7.01. The van der Waals surface area contributed by atoms with Crippen molar-refractivity contribution in [3.63, 3.8) is 0 Å². The third-order valence-electron chi connectivity index (χ3n) is 6.51. The second-order valence-corrected chi connectivity index (χ2v) is 9.58. The Bertz CT molecular complexity index is 1530. The Hall–Kier alpha value is -3.89. The van der Waals surface area contributed by atoms with Crippen molar-refractivity contribution in [3.05, 3.63) is 71.3 Å². The average molecular weight is 595 g/mol. The van der Waals surface area contributed by atoms with E-state index in [0.717, 1.165) is 16.8 Å². The summed E-state index contributed by atoms with van der Waals surface area (Å²) in [6.45, 7) is -1.19. The zero-order valence-electron chi connectivity index (χ0n) is 20.9. The predicted molar refractivity (Wildman–Crippen MR) is 134 cm³/mol. The molecular formula is C25H22ClF3N6O6. The summed E-state index contributed by atoms with van der Waals surface area (Å²) >= 11 is 6.16. The summed E-state index contributed by atoms with van der Waals surface area (Å²) in [5.74, 6) is -5.85. The molecule has 0 spiro atoms. The van der Waals surface area contributed by atoms with Crippen LogP contribution in [0.1, 0.15) is 18.7 Å². The predicted octanol–water partition coefficient (Wildman–Crippen LogP) is 2.63. The van der Waals surface area contributed by atoms with E-state index in [0.29, 0.717) is 16.3 Å². The Morgan fingerprint density at radius 1 is 1.12 bits per heavy atom. The third-order valence-corrected chi connectivity index (χ3v) is 6.74. The van der Waals surface area contributed by atoms with Crippen LogP contribution in [0.3, 0.4) is 0 Å². The number of aliphatic hydroxyl groups excluding tert-OH is 2. The number of nitrogens with zero attached hydrogens (tertiary/aromatic N) is 6. The van der Waals surface area contributed by atoms with Gasteiger partial charge in [-0.2, -0.15) is 0 Å². The summed E-state index contributed by atoms with van der Waals surface area (Å²) in [5.41, 5.74) is 0.790. The highest BCUT2D eigenvalue weighted by Gasteiger charge is 2.49. The molecule has 12 nitrogen and oxygen atoms in total. The van der Waals surface area contributed by atoms with Crippen LogP contribution < -0.4 is 0 Å². The number of hydrogen-bond acceptors (Lipinski definition) is 9. The molecule has 2 aromatic heterocycles. The highest BCUT2D eigenvalue weighted by molar-refractivity contribution is 6.30. The van der Waals surface area contributed by atoms with Crippen molar-refractivity contribution in [2.75, 3.05) is 13.2 Å². The van der Waals surface area contributed by atoms with Gasteiger partial charge >= 0.3 is 5.97 Å². The average Bonchev–Trinajstić information content (AvgIpc) is 3.62. The summed E-state index contributed by atoms with van der Waals surface area (Å²) in [4.78, 5) is 11.5. The lowest BCUT2D eigenvalue weighted by Crippen LogP contribution is -2.54. The Labute approximate surface area is 234 Å². The van der Waals surface area contributed by atoms with Gasteiger partial charge in [0.2, 0.25) is 0 Å². The summed E-state index contributed by atoms with van der Waals surface area (Å²) in [6.07, 6.45) is -2.38. The van der Waals surface area contributed by atoms with Gasteiger partial charge in [-0.3, -0.25) is 0 Å². The molecule has 3 heterocycles. The maximum atomic E-state index is 13.9. The first-order valence-electron chi connectivity index (χ1n) is 12.2. The monoisotopic (exact) mass is 594 g/mol. The molecule has 5 rings (SSSR count). The zero-order chi connectivity index (χ0) is 29.3. The summed E-state index contributed by atoms with van der Waals surface area (Å²) in [7, 11) is 0. The molecule has 1 aliphatic rings. The third kappa shape index (κ3) is 5.80. The maximum absolute atomic E-state index is 13.9. The van der Waals surface area contributed by atoms with Gasteiger partial charge in [-0.25, -0.2) is 27.3 Å². The number of benzene rings is 2. The molecule has 4 aromatic rings. The molecule has 3 N–H and O–H groups in total. The number of aliphatic carboxylic acids is 1. The van der Waals surface area contributed by atoms with Crippen LogP contribution in [0, 0.1) is 17.5 Å². The summed E-state index contributed by atoms with van der Waals surface area (Å²) < 4.78 is 55.5. The Kier molecular flexibility index (Phi) is 8.32. The number of rotatable bonds is 9. The molecule has 0 saturated carbocycles. The van der Waals surface area contributed by atoms with E-state index in [4.69, 9.17) is 21.1 Å². The molecule has 1 aliphatic heterocycles.